The van der Waals surface area contributed by atoms with Crippen LogP contribution in [0.4, 0.5) is 0 Å². The molecule has 1 amide bonds. The Hall–Kier alpha value is -4.68. The van der Waals surface area contributed by atoms with E-state index in [-0.39, 0.29) is 0 Å². The van der Waals surface area contributed by atoms with Gasteiger partial charge in [-0.05, 0) is 55.8 Å². The average Bonchev–Trinajstić information content (AvgIpc) is 3.30. The molecule has 5 rings (SSSR count). The van der Waals surface area contributed by atoms with Crippen molar-refractivity contribution in [2.45, 2.75) is 13.8 Å². The maximum Gasteiger partial charge on any atom is 0.343 e. The third-order valence-corrected chi connectivity index (χ3v) is 6.45. The lowest BCUT2D eigenvalue weighted by molar-refractivity contribution is 0.0734. The van der Waals surface area contributed by atoms with E-state index in [0.29, 0.717) is 33.2 Å². The lowest BCUT2D eigenvalue weighted by Gasteiger charge is -2.08. The van der Waals surface area contributed by atoms with Gasteiger partial charge in [0.05, 0.1) is 11.8 Å². The maximum atomic E-state index is 13.4. The molecule has 0 aliphatic heterocycles. The predicted octanol–water partition coefficient (Wildman–Crippen LogP) is 7.09. The number of ether oxygens (including phenoxy) is 1. The van der Waals surface area contributed by atoms with Crippen LogP contribution < -0.4 is 10.2 Å². The van der Waals surface area contributed by atoms with Gasteiger partial charge < -0.3 is 9.72 Å². The van der Waals surface area contributed by atoms with Crippen LogP contribution in [-0.4, -0.2) is 23.1 Å². The van der Waals surface area contributed by atoms with E-state index in [1.165, 1.54) is 6.21 Å². The normalized spacial score (nSPS) is 11.1. The van der Waals surface area contributed by atoms with Gasteiger partial charge in [0.1, 0.15) is 11.4 Å². The third kappa shape index (κ3) is 5.08. The molecule has 0 unspecified atom stereocenters. The number of fused-ring (bicyclic) bond motifs is 1. The van der Waals surface area contributed by atoms with Crippen LogP contribution in [0.15, 0.2) is 96.1 Å². The molecule has 0 saturated carbocycles. The molecular weight excluding hydrogens is 498 g/mol. The highest BCUT2D eigenvalue weighted by atomic mass is 35.5. The summed E-state index contributed by atoms with van der Waals surface area (Å²) in [4.78, 5) is 29.2. The Morgan fingerprint density at radius 2 is 1.63 bits per heavy atom. The molecule has 0 spiro atoms. The fourth-order valence-electron chi connectivity index (χ4n) is 4.40. The lowest BCUT2D eigenvalue weighted by atomic mass is 9.99. The first-order valence-corrected chi connectivity index (χ1v) is 12.4. The number of hydrogen-bond donors (Lipinski definition) is 2. The fraction of sp³-hybridized carbons (Fsp3) is 0.0645. The van der Waals surface area contributed by atoms with Crippen molar-refractivity contribution < 1.29 is 14.3 Å². The van der Waals surface area contributed by atoms with Gasteiger partial charge in [0.15, 0.2) is 0 Å². The van der Waals surface area contributed by atoms with Crippen molar-refractivity contribution in [3.63, 3.8) is 0 Å². The molecule has 0 aliphatic carbocycles. The number of aromatic nitrogens is 1. The summed E-state index contributed by atoms with van der Waals surface area (Å²) in [7, 11) is 0. The van der Waals surface area contributed by atoms with Crippen molar-refractivity contribution in [3.8, 4) is 16.9 Å². The lowest BCUT2D eigenvalue weighted by Crippen LogP contribution is -2.19. The zero-order chi connectivity index (χ0) is 26.6. The van der Waals surface area contributed by atoms with Gasteiger partial charge in [-0.15, -0.1) is 0 Å². The first-order valence-electron chi connectivity index (χ1n) is 12.0. The second-order valence-electron chi connectivity index (χ2n) is 8.85. The number of nitrogens with one attached hydrogen (secondary N) is 2. The van der Waals surface area contributed by atoms with Crippen molar-refractivity contribution in [1.29, 1.82) is 0 Å². The van der Waals surface area contributed by atoms with Gasteiger partial charge in [-0.1, -0.05) is 71.8 Å². The van der Waals surface area contributed by atoms with Gasteiger partial charge in [0.25, 0.3) is 5.91 Å². The summed E-state index contributed by atoms with van der Waals surface area (Å²) in [6, 6.07) is 27.2. The van der Waals surface area contributed by atoms with Gasteiger partial charge in [-0.3, -0.25) is 4.79 Å². The van der Waals surface area contributed by atoms with Gasteiger partial charge in [-0.25, -0.2) is 10.2 Å². The van der Waals surface area contributed by atoms with Crippen LogP contribution in [0.1, 0.15) is 37.5 Å². The number of nitrogens with zero attached hydrogens (tertiary/aromatic N) is 1. The topological polar surface area (TPSA) is 83.6 Å². The smallest absolute Gasteiger partial charge is 0.343 e. The Morgan fingerprint density at radius 3 is 2.42 bits per heavy atom. The number of hydrogen-bond acceptors (Lipinski definition) is 4. The van der Waals surface area contributed by atoms with Gasteiger partial charge in [0.2, 0.25) is 0 Å². The van der Waals surface area contributed by atoms with Gasteiger partial charge in [0, 0.05) is 32.6 Å². The van der Waals surface area contributed by atoms with Crippen LogP contribution in [0.25, 0.3) is 22.0 Å². The third-order valence-electron chi connectivity index (χ3n) is 6.12. The molecule has 1 aromatic heterocycles. The summed E-state index contributed by atoms with van der Waals surface area (Å²) in [5, 5.41) is 5.60. The number of aryl methyl sites for hydroxylation is 2. The zero-order valence-corrected chi connectivity index (χ0v) is 21.5. The summed E-state index contributed by atoms with van der Waals surface area (Å²) < 4.78 is 5.56. The van der Waals surface area contributed by atoms with E-state index >= 15 is 0 Å². The molecule has 2 N–H and O–H groups in total. The summed E-state index contributed by atoms with van der Waals surface area (Å²) in [5.74, 6) is -0.584. The van der Waals surface area contributed by atoms with Crippen LogP contribution in [0.2, 0.25) is 5.02 Å². The highest BCUT2D eigenvalue weighted by Crippen LogP contribution is 2.38. The number of hydrazone groups is 1. The number of carbonyl (C=O) groups excluding carboxylic acids is 2. The summed E-state index contributed by atoms with van der Waals surface area (Å²) >= 11 is 6.54. The van der Waals surface area contributed by atoms with E-state index in [1.54, 1.807) is 54.6 Å². The van der Waals surface area contributed by atoms with Crippen molar-refractivity contribution in [2.75, 3.05) is 0 Å². The van der Waals surface area contributed by atoms with Crippen LogP contribution in [-0.2, 0) is 0 Å². The van der Waals surface area contributed by atoms with Crippen molar-refractivity contribution in [2.24, 2.45) is 5.10 Å². The Balaban J connectivity index is 1.44. The maximum absolute atomic E-state index is 13.4. The summed E-state index contributed by atoms with van der Waals surface area (Å²) in [6.07, 6.45) is 1.44. The first kappa shape index (κ1) is 25.0. The quantitative estimate of drug-likeness (QED) is 0.108. The Bertz CT molecular complexity index is 1690. The second-order valence-corrected chi connectivity index (χ2v) is 9.26. The molecule has 38 heavy (non-hydrogen) atoms. The number of H-pyrrole nitrogens is 1. The summed E-state index contributed by atoms with van der Waals surface area (Å²) in [5.41, 5.74) is 8.33. The summed E-state index contributed by atoms with van der Waals surface area (Å²) in [6.45, 7) is 4.01. The Kier molecular flexibility index (Phi) is 7.07. The van der Waals surface area contributed by atoms with Crippen LogP contribution in [0.3, 0.4) is 0 Å². The van der Waals surface area contributed by atoms with E-state index < -0.39 is 11.9 Å². The number of amides is 1. The number of para-hydroxylation sites is 1. The largest absolute Gasteiger partial charge is 0.422 e. The molecule has 1 heterocycles. The highest BCUT2D eigenvalue weighted by Gasteiger charge is 2.22. The van der Waals surface area contributed by atoms with E-state index in [4.69, 9.17) is 16.3 Å². The molecule has 0 fully saturated rings. The molecule has 4 aromatic carbocycles. The van der Waals surface area contributed by atoms with Crippen LogP contribution in [0, 0.1) is 13.8 Å². The molecule has 6 nitrogen and oxygen atoms in total. The first-order chi connectivity index (χ1) is 18.4. The van der Waals surface area contributed by atoms with Crippen molar-refractivity contribution in [3.05, 3.63) is 124 Å². The number of benzene rings is 4. The average molecular weight is 522 g/mol. The monoisotopic (exact) mass is 521 g/mol. The molecule has 0 saturated heterocycles. The molecule has 0 radical (unpaired) electrons. The Labute approximate surface area is 224 Å². The van der Waals surface area contributed by atoms with Gasteiger partial charge in [-0.2, -0.15) is 5.10 Å². The number of carbonyl (C=O) groups is 2. The van der Waals surface area contributed by atoms with Crippen molar-refractivity contribution >= 4 is 40.6 Å². The molecule has 5 aromatic rings. The molecule has 0 atom stereocenters. The minimum absolute atomic E-state index is 0.327. The van der Waals surface area contributed by atoms with E-state index in [0.717, 1.165) is 27.6 Å². The number of rotatable bonds is 6. The SMILES string of the molecule is Cc1cc(C)c2[nH]c(C(=O)NN=Cc3ccccc3OC(=O)c3ccccc3)c(-c3ccccc3Cl)c2c1. The zero-order valence-electron chi connectivity index (χ0n) is 20.8. The van der Waals surface area contributed by atoms with Gasteiger partial charge >= 0.3 is 5.97 Å². The predicted molar refractivity (Wildman–Crippen MR) is 151 cm³/mol. The number of esters is 1. The molecule has 0 aliphatic rings. The van der Waals surface area contributed by atoms with E-state index in [2.05, 4.69) is 21.6 Å². The molecule has 0 bridgehead atoms. The van der Waals surface area contributed by atoms with Crippen LogP contribution >= 0.6 is 11.6 Å². The molecule has 188 valence electrons. The molecule has 7 heteroatoms. The van der Waals surface area contributed by atoms with E-state index in [1.807, 2.05) is 44.2 Å². The fourth-order valence-corrected chi connectivity index (χ4v) is 4.63. The van der Waals surface area contributed by atoms with Crippen molar-refractivity contribution in [1.82, 2.24) is 10.4 Å². The minimum Gasteiger partial charge on any atom is -0.422 e. The number of halogens is 1. The standard InChI is InChI=1S/C31H24ClN3O3/c1-19-16-20(2)28-24(17-19)27(23-13-7-8-14-25(23)32)29(34-28)30(36)35-33-18-22-12-6-9-15-26(22)38-31(37)21-10-4-3-5-11-21/h3-18,34H,1-2H3,(H,35,36). The highest BCUT2D eigenvalue weighted by molar-refractivity contribution is 6.34. The van der Waals surface area contributed by atoms with Crippen LogP contribution in [0.5, 0.6) is 5.75 Å². The second kappa shape index (κ2) is 10.7. The minimum atomic E-state index is -0.483. The number of aromatic amines is 1. The Morgan fingerprint density at radius 1 is 0.921 bits per heavy atom. The molecular formula is C31H24ClN3O3. The van der Waals surface area contributed by atoms with E-state index in [9.17, 15) is 9.59 Å².